The molecule has 0 amide bonds. The van der Waals surface area contributed by atoms with E-state index in [4.69, 9.17) is 0 Å². The van der Waals surface area contributed by atoms with Crippen molar-refractivity contribution < 1.29 is 0 Å². The Morgan fingerprint density at radius 2 is 1.88 bits per heavy atom. The fourth-order valence-corrected chi connectivity index (χ4v) is 3.73. The van der Waals surface area contributed by atoms with Crippen molar-refractivity contribution in [1.82, 2.24) is 4.98 Å². The fraction of sp³-hybridized carbons (Fsp3) is 0.615. The summed E-state index contributed by atoms with van der Waals surface area (Å²) >= 11 is 3.60. The molecule has 2 nitrogen and oxygen atoms in total. The maximum absolute atomic E-state index is 4.13. The zero-order chi connectivity index (χ0) is 11.0. The molecule has 3 rings (SSSR count). The number of rotatable bonds is 1. The maximum Gasteiger partial charge on any atom is 0.0592 e. The van der Waals surface area contributed by atoms with Crippen molar-refractivity contribution in [2.75, 3.05) is 18.0 Å². The predicted octanol–water partition coefficient (Wildman–Crippen LogP) is 3.47. The number of hydrogen-bond acceptors (Lipinski definition) is 2. The van der Waals surface area contributed by atoms with Gasteiger partial charge in [0.25, 0.3) is 0 Å². The van der Waals surface area contributed by atoms with E-state index in [0.29, 0.717) is 0 Å². The number of anilines is 1. The topological polar surface area (TPSA) is 16.1 Å². The van der Waals surface area contributed by atoms with Crippen LogP contribution in [-0.2, 0) is 0 Å². The largest absolute Gasteiger partial charge is 0.370 e. The van der Waals surface area contributed by atoms with Crippen molar-refractivity contribution in [3.8, 4) is 0 Å². The highest BCUT2D eigenvalue weighted by Gasteiger charge is 2.34. The smallest absolute Gasteiger partial charge is 0.0592 e. The second kappa shape index (κ2) is 4.36. The minimum Gasteiger partial charge on any atom is -0.370 e. The molecule has 1 aliphatic heterocycles. The van der Waals surface area contributed by atoms with Crippen molar-refractivity contribution in [2.24, 2.45) is 11.8 Å². The first kappa shape index (κ1) is 10.6. The van der Waals surface area contributed by atoms with Gasteiger partial charge in [0.1, 0.15) is 0 Å². The zero-order valence-electron chi connectivity index (χ0n) is 9.40. The number of nitrogens with zero attached hydrogens (tertiary/aromatic N) is 2. The van der Waals surface area contributed by atoms with E-state index in [1.807, 2.05) is 12.4 Å². The Bertz CT molecular complexity index is 366. The molecule has 86 valence electrons. The lowest BCUT2D eigenvalue weighted by Gasteiger charge is -2.22. The van der Waals surface area contributed by atoms with Gasteiger partial charge in [-0.15, -0.1) is 0 Å². The highest BCUT2D eigenvalue weighted by Crippen LogP contribution is 2.39. The molecule has 0 radical (unpaired) electrons. The lowest BCUT2D eigenvalue weighted by Crippen LogP contribution is -2.20. The van der Waals surface area contributed by atoms with Gasteiger partial charge in [0.15, 0.2) is 0 Å². The van der Waals surface area contributed by atoms with E-state index in [1.54, 1.807) is 0 Å². The number of aromatic nitrogens is 1. The molecule has 2 heterocycles. The number of halogens is 1. The lowest BCUT2D eigenvalue weighted by atomic mass is 9.82. The van der Waals surface area contributed by atoms with E-state index in [-0.39, 0.29) is 0 Å². The highest BCUT2D eigenvalue weighted by molar-refractivity contribution is 9.10. The van der Waals surface area contributed by atoms with Crippen LogP contribution < -0.4 is 4.90 Å². The monoisotopic (exact) mass is 280 g/mol. The van der Waals surface area contributed by atoms with Gasteiger partial charge >= 0.3 is 0 Å². The first-order valence-electron chi connectivity index (χ1n) is 6.19. The molecule has 2 atom stereocenters. The normalized spacial score (nSPS) is 29.2. The molecule has 0 bridgehead atoms. The molecule has 0 spiro atoms. The van der Waals surface area contributed by atoms with E-state index in [9.17, 15) is 0 Å². The Morgan fingerprint density at radius 1 is 1.19 bits per heavy atom. The minimum atomic E-state index is 0.939. The van der Waals surface area contributed by atoms with Gasteiger partial charge in [-0.05, 0) is 46.7 Å². The minimum absolute atomic E-state index is 0.939. The molecule has 0 aromatic carbocycles. The van der Waals surface area contributed by atoms with E-state index in [0.717, 1.165) is 16.3 Å². The molecule has 16 heavy (non-hydrogen) atoms. The zero-order valence-corrected chi connectivity index (χ0v) is 11.0. The molecule has 1 aliphatic carbocycles. The van der Waals surface area contributed by atoms with Gasteiger partial charge in [-0.25, -0.2) is 0 Å². The Labute approximate surface area is 105 Å². The average Bonchev–Trinajstić information content (AvgIpc) is 2.73. The van der Waals surface area contributed by atoms with Crippen molar-refractivity contribution >= 4 is 21.6 Å². The fourth-order valence-electron chi connectivity index (χ4n) is 3.23. The van der Waals surface area contributed by atoms with Gasteiger partial charge in [-0.2, -0.15) is 0 Å². The molecule has 1 aromatic rings. The molecule has 0 N–H and O–H groups in total. The summed E-state index contributed by atoms with van der Waals surface area (Å²) in [7, 11) is 0. The summed E-state index contributed by atoms with van der Waals surface area (Å²) in [5, 5.41) is 0. The number of pyridine rings is 1. The van der Waals surface area contributed by atoms with Crippen LogP contribution in [0.15, 0.2) is 22.9 Å². The van der Waals surface area contributed by atoms with Gasteiger partial charge in [0, 0.05) is 25.5 Å². The summed E-state index contributed by atoms with van der Waals surface area (Å²) in [5.41, 5.74) is 1.32. The third-order valence-corrected chi connectivity index (χ3v) is 4.68. The summed E-state index contributed by atoms with van der Waals surface area (Å²) in [4.78, 5) is 6.67. The van der Waals surface area contributed by atoms with Crippen LogP contribution in [0.25, 0.3) is 0 Å². The van der Waals surface area contributed by atoms with Crippen molar-refractivity contribution in [3.05, 3.63) is 22.9 Å². The standard InChI is InChI=1S/C13H17BrN2/c14-12-7-15-6-5-13(12)16-8-10-3-1-2-4-11(10)9-16/h5-7,10-11H,1-4,8-9H2. The third kappa shape index (κ3) is 1.86. The lowest BCUT2D eigenvalue weighted by molar-refractivity contribution is 0.299. The Kier molecular flexibility index (Phi) is 2.88. The van der Waals surface area contributed by atoms with Crippen LogP contribution in [0.3, 0.4) is 0 Å². The molecule has 1 saturated carbocycles. The summed E-state index contributed by atoms with van der Waals surface area (Å²) in [6.45, 7) is 2.49. The molecule has 2 unspecified atom stereocenters. The van der Waals surface area contributed by atoms with Crippen molar-refractivity contribution in [3.63, 3.8) is 0 Å². The first-order valence-corrected chi connectivity index (χ1v) is 6.98. The van der Waals surface area contributed by atoms with Crippen LogP contribution in [0.2, 0.25) is 0 Å². The second-order valence-electron chi connectivity index (χ2n) is 5.04. The van der Waals surface area contributed by atoms with E-state index >= 15 is 0 Å². The van der Waals surface area contributed by atoms with Gasteiger partial charge < -0.3 is 4.90 Å². The summed E-state index contributed by atoms with van der Waals surface area (Å²) in [5.74, 6) is 1.88. The van der Waals surface area contributed by atoms with E-state index in [2.05, 4.69) is 31.9 Å². The first-order chi connectivity index (χ1) is 7.84. The van der Waals surface area contributed by atoms with Crippen molar-refractivity contribution in [1.29, 1.82) is 0 Å². The van der Waals surface area contributed by atoms with Crippen LogP contribution in [-0.4, -0.2) is 18.1 Å². The highest BCUT2D eigenvalue weighted by atomic mass is 79.9. The number of fused-ring (bicyclic) bond motifs is 1. The SMILES string of the molecule is Brc1cnccc1N1CC2CCCCC2C1. The Hall–Kier alpha value is -0.570. The molecule has 3 heteroatoms. The quantitative estimate of drug-likeness (QED) is 0.783. The summed E-state index contributed by atoms with van der Waals surface area (Å²) in [6.07, 6.45) is 9.53. The van der Waals surface area contributed by atoms with Crippen LogP contribution in [0.5, 0.6) is 0 Å². The van der Waals surface area contributed by atoms with Crippen molar-refractivity contribution in [2.45, 2.75) is 25.7 Å². The van der Waals surface area contributed by atoms with Crippen LogP contribution in [0, 0.1) is 11.8 Å². The average molecular weight is 281 g/mol. The van der Waals surface area contributed by atoms with Crippen LogP contribution in [0.4, 0.5) is 5.69 Å². The maximum atomic E-state index is 4.13. The summed E-state index contributed by atoms with van der Waals surface area (Å²) in [6, 6.07) is 2.13. The van der Waals surface area contributed by atoms with Gasteiger partial charge in [-0.3, -0.25) is 4.98 Å². The molecule has 2 aliphatic rings. The number of hydrogen-bond donors (Lipinski definition) is 0. The third-order valence-electron chi connectivity index (χ3n) is 4.07. The molecule has 2 fully saturated rings. The van der Waals surface area contributed by atoms with E-state index < -0.39 is 0 Å². The van der Waals surface area contributed by atoms with Gasteiger partial charge in [0.2, 0.25) is 0 Å². The Balaban J connectivity index is 1.80. The van der Waals surface area contributed by atoms with E-state index in [1.165, 1.54) is 44.5 Å². The predicted molar refractivity (Wildman–Crippen MR) is 69.6 cm³/mol. The summed E-state index contributed by atoms with van der Waals surface area (Å²) < 4.78 is 1.13. The molecule has 1 aromatic heterocycles. The van der Waals surface area contributed by atoms with Gasteiger partial charge in [-0.1, -0.05) is 12.8 Å². The van der Waals surface area contributed by atoms with Crippen LogP contribution in [0.1, 0.15) is 25.7 Å². The second-order valence-corrected chi connectivity index (χ2v) is 5.89. The molecular weight excluding hydrogens is 264 g/mol. The van der Waals surface area contributed by atoms with Gasteiger partial charge in [0.05, 0.1) is 10.2 Å². The van der Waals surface area contributed by atoms with Crippen LogP contribution >= 0.6 is 15.9 Å². The Morgan fingerprint density at radius 3 is 2.50 bits per heavy atom. The molecular formula is C13H17BrN2. The molecule has 1 saturated heterocycles.